The molecule has 13 nitrogen and oxygen atoms in total. The topological polar surface area (TPSA) is 166 Å². The third kappa shape index (κ3) is 10.1. The Morgan fingerprint density at radius 1 is 0.776 bits per heavy atom. The van der Waals surface area contributed by atoms with Crippen LogP contribution in [-0.2, 0) is 37.3 Å². The van der Waals surface area contributed by atoms with Gasteiger partial charge in [-0.25, -0.2) is 27.3 Å². The molecule has 5 atom stereocenters. The number of sulfonamides is 1. The summed E-state index contributed by atoms with van der Waals surface area (Å²) in [4.78, 5) is 49.5. The smallest absolute Gasteiger partial charge is 0.415 e. The van der Waals surface area contributed by atoms with E-state index in [-0.39, 0.29) is 47.5 Å². The molecule has 2 aliphatic carbocycles. The minimum absolute atomic E-state index is 0.0791. The van der Waals surface area contributed by atoms with Crippen molar-refractivity contribution in [3.05, 3.63) is 193 Å². The number of fused-ring (bicyclic) bond motifs is 1. The monoisotopic (exact) mass is 1060 g/mol. The molecule has 1 aromatic heterocycles. The zero-order chi connectivity index (χ0) is 53.1. The summed E-state index contributed by atoms with van der Waals surface area (Å²) in [5.74, 6) is 2.67. The highest BCUT2D eigenvalue weighted by molar-refractivity contribution is 7.95. The van der Waals surface area contributed by atoms with E-state index in [9.17, 15) is 22.8 Å². The van der Waals surface area contributed by atoms with E-state index in [1.54, 1.807) is 30.1 Å². The van der Waals surface area contributed by atoms with Crippen molar-refractivity contribution in [3.8, 4) is 23.0 Å². The molecule has 2 saturated carbocycles. The number of hydrogen-bond donors (Lipinski definition) is 1. The first-order valence-corrected chi connectivity index (χ1v) is 29.3. The summed E-state index contributed by atoms with van der Waals surface area (Å²) >= 11 is 0. The zero-order valence-electron chi connectivity index (χ0n) is 42.8. The summed E-state index contributed by atoms with van der Waals surface area (Å²) in [6.07, 6.45) is 3.22. The molecule has 76 heavy (non-hydrogen) atoms. The normalized spacial score (nSPS) is 21.7. The predicted molar refractivity (Wildman–Crippen MR) is 295 cm³/mol. The van der Waals surface area contributed by atoms with Crippen molar-refractivity contribution >= 4 is 56.6 Å². The lowest BCUT2D eigenvalue weighted by Gasteiger charge is -2.37. The molecule has 0 radical (unpaired) electrons. The SMILES string of the molecule is CC1(C)C2CC[C@@]13CS(=O)(=O)N(C(=O)C=P(c1ccccc1)(c1ccccc1)c1ccccc1)C3C2.Cc1oc(-c2ccccc2)nc1CCOc1cccc(C[C@H]2CN(C(=O)Oc3ccccc3)C[C@@H]2C(=O)OO)c1. The number of oxazole rings is 1. The highest BCUT2D eigenvalue weighted by Crippen LogP contribution is 2.70. The number of amides is 2. The highest BCUT2D eigenvalue weighted by Gasteiger charge is 2.72. The number of carbonyl (C=O) groups is 3. The summed E-state index contributed by atoms with van der Waals surface area (Å²) in [6, 6.07) is 56.1. The van der Waals surface area contributed by atoms with Crippen molar-refractivity contribution in [1.82, 2.24) is 14.2 Å². The Hall–Kier alpha value is -7.25. The molecule has 4 fully saturated rings. The number of aromatic nitrogens is 1. The fourth-order valence-corrected chi connectivity index (χ4v) is 18.7. The van der Waals surface area contributed by atoms with Gasteiger partial charge in [-0.3, -0.25) is 4.79 Å². The van der Waals surface area contributed by atoms with E-state index in [0.717, 1.165) is 57.8 Å². The number of benzene rings is 6. The number of aryl methyl sites for hydroxylation is 1. The maximum Gasteiger partial charge on any atom is 0.415 e. The van der Waals surface area contributed by atoms with Gasteiger partial charge in [-0.2, -0.15) is 5.26 Å². The van der Waals surface area contributed by atoms with Crippen LogP contribution < -0.4 is 25.4 Å². The molecular weight excluding hydrogens is 998 g/mol. The van der Waals surface area contributed by atoms with Crippen molar-refractivity contribution in [2.24, 2.45) is 28.6 Å². The van der Waals surface area contributed by atoms with Gasteiger partial charge in [-0.1, -0.05) is 153 Å². The third-order valence-electron chi connectivity index (χ3n) is 16.4. The average Bonchev–Trinajstić information content (AvgIpc) is 4.34. The van der Waals surface area contributed by atoms with Gasteiger partial charge < -0.3 is 23.7 Å². The van der Waals surface area contributed by atoms with E-state index >= 15 is 0 Å². The van der Waals surface area contributed by atoms with Gasteiger partial charge in [0.05, 0.1) is 30.0 Å². The lowest BCUT2D eigenvalue weighted by atomic mass is 9.69. The van der Waals surface area contributed by atoms with Crippen molar-refractivity contribution in [3.63, 3.8) is 0 Å². The van der Waals surface area contributed by atoms with Crippen molar-refractivity contribution in [2.75, 3.05) is 25.4 Å². The highest BCUT2D eigenvalue weighted by atomic mass is 32.2. The van der Waals surface area contributed by atoms with Crippen LogP contribution in [0.4, 0.5) is 4.79 Å². The summed E-state index contributed by atoms with van der Waals surface area (Å²) in [7, 11) is -3.71. The molecule has 4 aliphatic rings. The second-order valence-electron chi connectivity index (χ2n) is 20.8. The fraction of sp³-hybridized carbons (Fsp3) is 0.295. The van der Waals surface area contributed by atoms with E-state index in [1.165, 1.54) is 9.21 Å². The first-order chi connectivity index (χ1) is 36.7. The van der Waals surface area contributed by atoms with Crippen molar-refractivity contribution in [1.29, 1.82) is 0 Å². The number of nitrogens with zero attached hydrogens (tertiary/aromatic N) is 3. The number of hydrogen-bond acceptors (Lipinski definition) is 11. The molecular formula is C61H62N3O10PS. The van der Waals surface area contributed by atoms with Crippen LogP contribution in [0.2, 0.25) is 0 Å². The number of rotatable bonds is 13. The molecule has 2 amide bonds. The Morgan fingerprint density at radius 2 is 1.36 bits per heavy atom. The van der Waals surface area contributed by atoms with Crippen LogP contribution in [0.5, 0.6) is 11.5 Å². The van der Waals surface area contributed by atoms with E-state index < -0.39 is 34.9 Å². The third-order valence-corrected chi connectivity index (χ3v) is 22.2. The molecule has 11 rings (SSSR count). The number of ether oxygens (including phenoxy) is 2. The molecule has 7 aromatic rings. The first kappa shape index (κ1) is 52.2. The Labute approximate surface area is 444 Å². The van der Waals surface area contributed by atoms with Crippen LogP contribution in [-0.4, -0.2) is 83.1 Å². The molecule has 392 valence electrons. The van der Waals surface area contributed by atoms with Gasteiger partial charge in [0.25, 0.3) is 5.91 Å². The maximum absolute atomic E-state index is 14.3. The van der Waals surface area contributed by atoms with Crippen LogP contribution in [0.25, 0.3) is 11.5 Å². The van der Waals surface area contributed by atoms with Gasteiger partial charge in [-0.05, 0) is 115 Å². The Balaban J connectivity index is 0.000000174. The summed E-state index contributed by atoms with van der Waals surface area (Å²) in [5.41, 5.74) is 2.28. The van der Waals surface area contributed by atoms with Crippen LogP contribution >= 0.6 is 6.89 Å². The van der Waals surface area contributed by atoms with Gasteiger partial charge in [0.15, 0.2) is 0 Å². The summed E-state index contributed by atoms with van der Waals surface area (Å²) in [6.45, 7) is 4.52. The Bertz CT molecular complexity index is 3260. The average molecular weight is 1060 g/mol. The largest absolute Gasteiger partial charge is 0.493 e. The van der Waals surface area contributed by atoms with Crippen LogP contribution in [0.1, 0.15) is 50.1 Å². The van der Waals surface area contributed by atoms with Gasteiger partial charge in [0, 0.05) is 36.3 Å². The van der Waals surface area contributed by atoms with Crippen LogP contribution in [0, 0.1) is 35.5 Å². The second-order valence-corrected chi connectivity index (χ2v) is 25.9. The molecule has 6 aromatic carbocycles. The standard InChI is InChI=1S/C31H30N2O7.C30H32NO3PS/c1-21-28(32-29(38-21)23-10-4-2-5-11-23)15-16-37-26-14-8-9-22(18-26)17-24-19-33(20-27(24)30(34)40-36)31(35)39-25-12-6-3-7-13-25;1-29(2)23-18-19-30(29)22-36(33,34)31(27(30)20-23)28(32)21-35(24-12-6-3-7-13-24,25-14-8-4-9-15-25)26-16-10-5-11-17-26/h2-14,18,24,27,36H,15-17,19-20H2,1H3;3-17,21,23,27H,18-20,22H2,1-2H3/t24-,27-;23?,27?,30-/m00/s1. The minimum atomic E-state index is -3.71. The zero-order valence-corrected chi connectivity index (χ0v) is 44.5. The fourth-order valence-electron chi connectivity index (χ4n) is 12.4. The van der Waals surface area contributed by atoms with Gasteiger partial charge in [0.1, 0.15) is 17.3 Å². The lowest BCUT2D eigenvalue weighted by molar-refractivity contribution is -0.239. The lowest BCUT2D eigenvalue weighted by Crippen LogP contribution is -2.45. The summed E-state index contributed by atoms with van der Waals surface area (Å²) < 4.78 is 45.9. The van der Waals surface area contributed by atoms with Crippen molar-refractivity contribution < 1.29 is 46.8 Å². The van der Waals surface area contributed by atoms with Gasteiger partial charge in [-0.15, -0.1) is 0 Å². The molecule has 15 heteroatoms. The Morgan fingerprint density at radius 3 is 1.95 bits per heavy atom. The molecule has 2 bridgehead atoms. The maximum atomic E-state index is 14.3. The number of carbonyl (C=O) groups excluding carboxylic acids is 3. The molecule has 2 saturated heterocycles. The molecule has 1 N–H and O–H groups in total. The first-order valence-electron chi connectivity index (χ1n) is 25.8. The van der Waals surface area contributed by atoms with E-state index in [4.69, 9.17) is 19.1 Å². The van der Waals surface area contributed by atoms with E-state index in [1.807, 2.05) is 122 Å². The molecule has 3 heterocycles. The van der Waals surface area contributed by atoms with Crippen LogP contribution in [0.15, 0.2) is 180 Å². The minimum Gasteiger partial charge on any atom is -0.493 e. The number of para-hydroxylation sites is 1. The molecule has 1 spiro atoms. The summed E-state index contributed by atoms with van der Waals surface area (Å²) in [5, 5.41) is 12.2. The van der Waals surface area contributed by atoms with Crippen molar-refractivity contribution in [2.45, 2.75) is 58.9 Å². The van der Waals surface area contributed by atoms with Gasteiger partial charge >= 0.3 is 12.1 Å². The number of likely N-dealkylation sites (tertiary alicyclic amines) is 1. The quantitative estimate of drug-likeness (QED) is 0.0664. The van der Waals surface area contributed by atoms with E-state index in [0.29, 0.717) is 42.8 Å². The van der Waals surface area contributed by atoms with Gasteiger partial charge in [0.2, 0.25) is 15.9 Å². The molecule has 2 unspecified atom stereocenters. The Kier molecular flexibility index (Phi) is 15.0. The van der Waals surface area contributed by atoms with E-state index in [2.05, 4.69) is 60.1 Å². The predicted octanol–water partition coefficient (Wildman–Crippen LogP) is 9.73. The molecule has 2 aliphatic heterocycles. The van der Waals surface area contributed by atoms with Crippen LogP contribution in [0.3, 0.4) is 0 Å². The second kappa shape index (κ2) is 21.8.